The summed E-state index contributed by atoms with van der Waals surface area (Å²) in [4.78, 5) is 10.1. The van der Waals surface area contributed by atoms with Gasteiger partial charge in [-0.1, -0.05) is 39.4 Å². The van der Waals surface area contributed by atoms with Crippen molar-refractivity contribution in [1.29, 1.82) is 0 Å². The lowest BCUT2D eigenvalue weighted by Gasteiger charge is -2.16. The Morgan fingerprint density at radius 2 is 2.08 bits per heavy atom. The zero-order valence-corrected chi connectivity index (χ0v) is 8.40. The van der Waals surface area contributed by atoms with Gasteiger partial charge in [-0.15, -0.1) is 0 Å². The molecule has 0 aromatic heterocycles. The molecule has 72 valence electrons. The Kier molecular flexibility index (Phi) is 4.94. The van der Waals surface area contributed by atoms with E-state index in [1.54, 1.807) is 7.11 Å². The molecule has 0 aliphatic rings. The van der Waals surface area contributed by atoms with E-state index in [1.807, 2.05) is 30.3 Å². The van der Waals surface area contributed by atoms with Crippen molar-refractivity contribution in [2.24, 2.45) is 0 Å². The van der Waals surface area contributed by atoms with Gasteiger partial charge in [0.25, 0.3) is 0 Å². The molecule has 1 aromatic rings. The molecule has 0 radical (unpaired) electrons. The molecule has 0 saturated carbocycles. The Labute approximate surface area is 79.6 Å². The van der Waals surface area contributed by atoms with E-state index < -0.39 is 9.03 Å². The third-order valence-electron chi connectivity index (χ3n) is 1.75. The van der Waals surface area contributed by atoms with Gasteiger partial charge in [0.05, 0.1) is 6.61 Å². The molecule has 1 rings (SSSR count). The van der Waals surface area contributed by atoms with Crippen LogP contribution < -0.4 is 4.89 Å². The summed E-state index contributed by atoms with van der Waals surface area (Å²) in [5.41, 5.74) is 1.03. The van der Waals surface area contributed by atoms with Crippen LogP contribution in [0.2, 0.25) is 0 Å². The fourth-order valence-corrected chi connectivity index (χ4v) is 1.30. The molecule has 0 fully saturated rings. The minimum Gasteiger partial charge on any atom is -0.810 e. The van der Waals surface area contributed by atoms with Crippen molar-refractivity contribution in [3.8, 4) is 0 Å². The second-order valence-electron chi connectivity index (χ2n) is 2.53. The highest BCUT2D eigenvalue weighted by Gasteiger charge is 2.08. The molecule has 0 aliphatic carbocycles. The third-order valence-corrected chi connectivity index (χ3v) is 2.03. The number of hydrogen-bond acceptors (Lipinski definition) is 3. The van der Waals surface area contributed by atoms with Crippen molar-refractivity contribution >= 4 is 9.03 Å². The van der Waals surface area contributed by atoms with Gasteiger partial charge >= 0.3 is 0 Å². The first-order valence-corrected chi connectivity index (χ1v) is 4.76. The lowest BCUT2D eigenvalue weighted by atomic mass is 10.1. The molecule has 0 N–H and O–H groups in total. The van der Waals surface area contributed by atoms with Gasteiger partial charge in [0.15, 0.2) is 0 Å². The Bertz CT molecular complexity index is 228. The van der Waals surface area contributed by atoms with E-state index in [0.717, 1.165) is 5.56 Å². The minimum atomic E-state index is -0.732. The summed E-state index contributed by atoms with van der Waals surface area (Å²) in [6.07, 6.45) is -0.136. The van der Waals surface area contributed by atoms with Crippen molar-refractivity contribution in [3.63, 3.8) is 0 Å². The average Bonchev–Trinajstić information content (AvgIpc) is 2.21. The van der Waals surface area contributed by atoms with Crippen LogP contribution in [0.4, 0.5) is 0 Å². The monoisotopic (exact) mass is 199 g/mol. The van der Waals surface area contributed by atoms with Crippen LogP contribution in [0.15, 0.2) is 30.3 Å². The van der Waals surface area contributed by atoms with Crippen LogP contribution in [0, 0.1) is 0 Å². The third kappa shape index (κ3) is 3.41. The van der Waals surface area contributed by atoms with E-state index in [9.17, 15) is 4.89 Å². The largest absolute Gasteiger partial charge is 0.810 e. The molecule has 13 heavy (non-hydrogen) atoms. The number of methoxy groups -OCH3 is 1. The maximum absolute atomic E-state index is 10.1. The fourth-order valence-electron chi connectivity index (χ4n) is 1.08. The Morgan fingerprint density at radius 1 is 1.38 bits per heavy atom. The summed E-state index contributed by atoms with van der Waals surface area (Å²) in [7, 11) is 0.875. The SMILES string of the molecule is COC(COP[O-])c1ccccc1. The molecule has 0 spiro atoms. The first-order chi connectivity index (χ1) is 6.38. The van der Waals surface area contributed by atoms with Crippen LogP contribution in [-0.2, 0) is 9.26 Å². The molecule has 0 bridgehead atoms. The summed E-state index contributed by atoms with van der Waals surface area (Å²) in [6.45, 7) is 0.322. The number of ether oxygens (including phenoxy) is 1. The Morgan fingerprint density at radius 3 is 2.62 bits per heavy atom. The zero-order chi connectivity index (χ0) is 9.52. The number of benzene rings is 1. The van der Waals surface area contributed by atoms with Gasteiger partial charge in [0.1, 0.15) is 6.10 Å². The van der Waals surface area contributed by atoms with Gasteiger partial charge in [0, 0.05) is 7.11 Å². The van der Waals surface area contributed by atoms with Crippen LogP contribution in [0.25, 0.3) is 0 Å². The van der Waals surface area contributed by atoms with Gasteiger partial charge in [-0.25, -0.2) is 0 Å². The summed E-state index contributed by atoms with van der Waals surface area (Å²) >= 11 is 0. The highest BCUT2D eigenvalue weighted by atomic mass is 31.1. The fraction of sp³-hybridized carbons (Fsp3) is 0.333. The quantitative estimate of drug-likeness (QED) is 0.670. The maximum Gasteiger partial charge on any atom is 0.106 e. The van der Waals surface area contributed by atoms with Crippen molar-refractivity contribution in [2.75, 3.05) is 13.7 Å². The summed E-state index contributed by atoms with van der Waals surface area (Å²) < 4.78 is 9.97. The molecule has 4 heteroatoms. The maximum atomic E-state index is 10.1. The van der Waals surface area contributed by atoms with Crippen molar-refractivity contribution < 1.29 is 14.2 Å². The van der Waals surface area contributed by atoms with Crippen LogP contribution in [0.3, 0.4) is 0 Å². The van der Waals surface area contributed by atoms with Crippen molar-refractivity contribution in [1.82, 2.24) is 0 Å². The second kappa shape index (κ2) is 6.06. The van der Waals surface area contributed by atoms with Crippen molar-refractivity contribution in [2.45, 2.75) is 6.10 Å². The molecule has 2 atom stereocenters. The minimum absolute atomic E-state index is 0.136. The lowest BCUT2D eigenvalue weighted by molar-refractivity contribution is -0.171. The molecule has 0 amide bonds. The highest BCUT2D eigenvalue weighted by molar-refractivity contribution is 7.23. The number of rotatable bonds is 5. The molecule has 0 heterocycles. The van der Waals surface area contributed by atoms with Crippen LogP contribution in [0.5, 0.6) is 0 Å². The molecular weight excluding hydrogens is 187 g/mol. The predicted molar refractivity (Wildman–Crippen MR) is 50.5 cm³/mol. The van der Waals surface area contributed by atoms with E-state index in [2.05, 4.69) is 0 Å². The smallest absolute Gasteiger partial charge is 0.106 e. The predicted octanol–water partition coefficient (Wildman–Crippen LogP) is 1.26. The molecule has 1 aromatic carbocycles. The van der Waals surface area contributed by atoms with E-state index >= 15 is 0 Å². The summed E-state index contributed by atoms with van der Waals surface area (Å²) in [6, 6.07) is 9.70. The highest BCUT2D eigenvalue weighted by Crippen LogP contribution is 2.18. The molecule has 0 aliphatic heterocycles. The van der Waals surface area contributed by atoms with Gasteiger partial charge < -0.3 is 14.2 Å². The molecule has 3 nitrogen and oxygen atoms in total. The lowest BCUT2D eigenvalue weighted by Crippen LogP contribution is -2.08. The summed E-state index contributed by atoms with van der Waals surface area (Å²) in [5.74, 6) is 0. The van der Waals surface area contributed by atoms with E-state index in [4.69, 9.17) is 9.26 Å². The Hall–Kier alpha value is -0.470. The first-order valence-electron chi connectivity index (χ1n) is 3.95. The van der Waals surface area contributed by atoms with E-state index in [-0.39, 0.29) is 6.10 Å². The standard InChI is InChI=1S/C9H12O3P/c1-11-9(7-12-13-10)8-5-3-2-4-6-8/h2-6,9,13H,7H2,1H3/q-1. The zero-order valence-electron chi connectivity index (χ0n) is 7.40. The Balaban J connectivity index is 2.56. The van der Waals surface area contributed by atoms with E-state index in [0.29, 0.717) is 6.61 Å². The van der Waals surface area contributed by atoms with E-state index in [1.165, 1.54) is 0 Å². The second-order valence-corrected chi connectivity index (χ2v) is 2.98. The average molecular weight is 199 g/mol. The van der Waals surface area contributed by atoms with Gasteiger partial charge in [-0.3, -0.25) is 0 Å². The van der Waals surface area contributed by atoms with Gasteiger partial charge in [-0.2, -0.15) is 0 Å². The molecule has 2 unspecified atom stereocenters. The first kappa shape index (κ1) is 10.6. The van der Waals surface area contributed by atoms with Gasteiger partial charge in [0.2, 0.25) is 0 Å². The molecular formula is C9H12O3P-. The normalized spacial score (nSPS) is 13.7. The van der Waals surface area contributed by atoms with Crippen LogP contribution >= 0.6 is 9.03 Å². The molecule has 0 saturated heterocycles. The van der Waals surface area contributed by atoms with Crippen LogP contribution in [0.1, 0.15) is 11.7 Å². The number of hydrogen-bond donors (Lipinski definition) is 0. The van der Waals surface area contributed by atoms with Crippen LogP contribution in [-0.4, -0.2) is 13.7 Å². The van der Waals surface area contributed by atoms with Crippen molar-refractivity contribution in [3.05, 3.63) is 35.9 Å². The topological polar surface area (TPSA) is 41.5 Å². The van der Waals surface area contributed by atoms with Gasteiger partial charge in [-0.05, 0) is 5.56 Å². The summed E-state index contributed by atoms with van der Waals surface area (Å²) in [5, 5.41) is 0.